The monoisotopic (exact) mass is 627 g/mol. The van der Waals surface area contributed by atoms with E-state index >= 15 is 0 Å². The van der Waals surface area contributed by atoms with Crippen LogP contribution in [0.15, 0.2) is 73.1 Å². The first kappa shape index (κ1) is 38.1. The van der Waals surface area contributed by atoms with E-state index < -0.39 is 0 Å². The van der Waals surface area contributed by atoms with Crippen molar-refractivity contribution in [1.29, 1.82) is 0 Å². The van der Waals surface area contributed by atoms with Crippen LogP contribution in [0.25, 0.3) is 0 Å². The number of hydrogen-bond donors (Lipinski definition) is 0. The number of rotatable bonds is 28. The van der Waals surface area contributed by atoms with Gasteiger partial charge in [0, 0.05) is 30.3 Å². The zero-order chi connectivity index (χ0) is 32.5. The molecule has 1 aromatic heterocycles. The molecule has 2 heteroatoms. The summed E-state index contributed by atoms with van der Waals surface area (Å²) in [5, 5.41) is 0. The number of nitrogens with zero attached hydrogens (tertiary/aromatic N) is 2. The minimum atomic E-state index is -0.0244. The van der Waals surface area contributed by atoms with Crippen LogP contribution in [0.4, 0.5) is 0 Å². The predicted molar refractivity (Wildman–Crippen MR) is 202 cm³/mol. The van der Waals surface area contributed by atoms with Gasteiger partial charge in [0.2, 0.25) is 0 Å². The third-order valence-electron chi connectivity index (χ3n) is 10.5. The van der Waals surface area contributed by atoms with E-state index in [0.29, 0.717) is 5.92 Å². The molecule has 2 aromatic carbocycles. The van der Waals surface area contributed by atoms with Crippen LogP contribution in [-0.2, 0) is 18.4 Å². The van der Waals surface area contributed by atoms with Crippen LogP contribution in [0.1, 0.15) is 185 Å². The fraction of sp³-hybridized carbons (Fsp3) is 0.659. The largest absolute Gasteiger partial charge is 0.335 e. The van der Waals surface area contributed by atoms with Gasteiger partial charge in [-0.05, 0) is 30.4 Å². The van der Waals surface area contributed by atoms with Crippen LogP contribution in [0, 0.1) is 0 Å². The van der Waals surface area contributed by atoms with E-state index in [9.17, 15) is 0 Å². The lowest BCUT2D eigenvalue weighted by Gasteiger charge is -2.39. The molecule has 0 aliphatic carbocycles. The number of hydrogen-bond acceptors (Lipinski definition) is 1. The van der Waals surface area contributed by atoms with Gasteiger partial charge in [0.25, 0.3) is 0 Å². The highest BCUT2D eigenvalue weighted by atomic mass is 15.1. The standard InChI is InChI=1S/C44H70N2/c1-4-6-8-10-12-13-14-15-16-17-18-20-22-30-37-46-38-36-45-43(46)42(35-29-21-19-11-9-7-5-2)44(3,41-33-27-24-28-34-41)39-40-31-25-23-26-32-40/h23-28,31-34,36,38,42H,4-22,29-30,35,37,39H2,1-3H3. The highest BCUT2D eigenvalue weighted by molar-refractivity contribution is 5.33. The summed E-state index contributed by atoms with van der Waals surface area (Å²) in [5.41, 5.74) is 2.84. The first-order valence-corrected chi connectivity index (χ1v) is 19.8. The molecule has 0 saturated carbocycles. The quantitative estimate of drug-likeness (QED) is 0.0733. The van der Waals surface area contributed by atoms with Crippen LogP contribution in [0.2, 0.25) is 0 Å². The highest BCUT2D eigenvalue weighted by Crippen LogP contribution is 2.44. The predicted octanol–water partition coefficient (Wildman–Crippen LogP) is 13.8. The van der Waals surface area contributed by atoms with Gasteiger partial charge >= 0.3 is 0 Å². The average Bonchev–Trinajstić information content (AvgIpc) is 3.54. The molecule has 0 bridgehead atoms. The maximum atomic E-state index is 5.14. The van der Waals surface area contributed by atoms with Gasteiger partial charge in [0.05, 0.1) is 0 Å². The summed E-state index contributed by atoms with van der Waals surface area (Å²) >= 11 is 0. The fourth-order valence-electron chi connectivity index (χ4n) is 7.60. The first-order valence-electron chi connectivity index (χ1n) is 19.8. The van der Waals surface area contributed by atoms with Crippen molar-refractivity contribution in [2.45, 2.75) is 186 Å². The summed E-state index contributed by atoms with van der Waals surface area (Å²) in [4.78, 5) is 5.14. The number of unbranched alkanes of at least 4 members (excludes halogenated alkanes) is 19. The summed E-state index contributed by atoms with van der Waals surface area (Å²) in [5.74, 6) is 1.69. The second-order valence-corrected chi connectivity index (χ2v) is 14.5. The molecule has 3 aromatic rings. The van der Waals surface area contributed by atoms with E-state index in [1.165, 1.54) is 158 Å². The van der Waals surface area contributed by atoms with Gasteiger partial charge in [-0.2, -0.15) is 0 Å². The van der Waals surface area contributed by atoms with Gasteiger partial charge in [0.1, 0.15) is 5.82 Å². The lowest BCUT2D eigenvalue weighted by Crippen LogP contribution is -2.35. The molecule has 0 fully saturated rings. The number of aryl methyl sites for hydroxylation is 1. The topological polar surface area (TPSA) is 17.8 Å². The Labute approximate surface area is 285 Å². The molecule has 2 atom stereocenters. The highest BCUT2D eigenvalue weighted by Gasteiger charge is 2.39. The van der Waals surface area contributed by atoms with Crippen molar-refractivity contribution in [3.63, 3.8) is 0 Å². The third kappa shape index (κ3) is 14.2. The molecule has 2 nitrogen and oxygen atoms in total. The molecule has 3 rings (SSSR count). The van der Waals surface area contributed by atoms with E-state index in [1.54, 1.807) is 0 Å². The summed E-state index contributed by atoms with van der Waals surface area (Å²) < 4.78 is 2.53. The van der Waals surface area contributed by atoms with E-state index in [0.717, 1.165) is 13.0 Å². The van der Waals surface area contributed by atoms with Crippen LogP contribution in [0.3, 0.4) is 0 Å². The number of imidazole rings is 1. The Balaban J connectivity index is 1.57. The fourth-order valence-corrected chi connectivity index (χ4v) is 7.60. The van der Waals surface area contributed by atoms with E-state index in [2.05, 4.69) is 98.4 Å². The minimum Gasteiger partial charge on any atom is -0.335 e. The smallest absolute Gasteiger partial charge is 0.112 e. The molecule has 0 aliphatic rings. The Morgan fingerprint density at radius 1 is 0.565 bits per heavy atom. The Morgan fingerprint density at radius 2 is 1.02 bits per heavy atom. The third-order valence-corrected chi connectivity index (χ3v) is 10.5. The van der Waals surface area contributed by atoms with Crippen LogP contribution < -0.4 is 0 Å². The lowest BCUT2D eigenvalue weighted by molar-refractivity contribution is 0.321. The van der Waals surface area contributed by atoms with Crippen molar-refractivity contribution in [1.82, 2.24) is 9.55 Å². The van der Waals surface area contributed by atoms with Crippen LogP contribution in [-0.4, -0.2) is 9.55 Å². The Morgan fingerprint density at radius 3 is 1.54 bits per heavy atom. The van der Waals surface area contributed by atoms with Gasteiger partial charge in [-0.25, -0.2) is 4.98 Å². The second kappa shape index (κ2) is 23.9. The van der Waals surface area contributed by atoms with E-state index in [-0.39, 0.29) is 5.41 Å². The maximum Gasteiger partial charge on any atom is 0.112 e. The number of aromatic nitrogens is 2. The van der Waals surface area contributed by atoms with E-state index in [4.69, 9.17) is 4.98 Å². The molecule has 0 amide bonds. The van der Waals surface area contributed by atoms with Gasteiger partial charge in [-0.3, -0.25) is 0 Å². The summed E-state index contributed by atoms with van der Waals surface area (Å²) in [6.07, 6.45) is 35.7. The lowest BCUT2D eigenvalue weighted by atomic mass is 9.66. The van der Waals surface area contributed by atoms with Gasteiger partial charge in [-0.15, -0.1) is 0 Å². The molecule has 0 saturated heterocycles. The summed E-state index contributed by atoms with van der Waals surface area (Å²) in [6, 6.07) is 22.5. The molecule has 0 radical (unpaired) electrons. The first-order chi connectivity index (χ1) is 22.7. The second-order valence-electron chi connectivity index (χ2n) is 14.5. The van der Waals surface area contributed by atoms with Crippen LogP contribution in [0.5, 0.6) is 0 Å². The molecule has 256 valence electrons. The summed E-state index contributed by atoms with van der Waals surface area (Å²) in [7, 11) is 0. The summed E-state index contributed by atoms with van der Waals surface area (Å²) in [6.45, 7) is 8.23. The van der Waals surface area contributed by atoms with Gasteiger partial charge < -0.3 is 4.57 Å². The maximum absolute atomic E-state index is 5.14. The molecule has 1 heterocycles. The van der Waals surface area contributed by atoms with Gasteiger partial charge in [0.15, 0.2) is 0 Å². The molecule has 2 unspecified atom stereocenters. The average molecular weight is 627 g/mol. The SMILES string of the molecule is CCCCCCCCCCCCCCCCn1ccnc1C(CCCCCCCCC)C(C)(Cc1ccccc1)c1ccccc1. The molecule has 46 heavy (non-hydrogen) atoms. The van der Waals surface area contributed by atoms with Crippen LogP contribution >= 0.6 is 0 Å². The molecule has 0 aliphatic heterocycles. The van der Waals surface area contributed by atoms with Crippen molar-refractivity contribution in [2.75, 3.05) is 0 Å². The van der Waals surface area contributed by atoms with Crippen molar-refractivity contribution in [2.24, 2.45) is 0 Å². The van der Waals surface area contributed by atoms with Crippen molar-refractivity contribution in [3.8, 4) is 0 Å². The minimum absolute atomic E-state index is 0.0244. The Bertz CT molecular complexity index is 1100. The van der Waals surface area contributed by atoms with Crippen molar-refractivity contribution in [3.05, 3.63) is 90.0 Å². The Hall–Kier alpha value is -2.35. The zero-order valence-corrected chi connectivity index (χ0v) is 30.4. The zero-order valence-electron chi connectivity index (χ0n) is 30.4. The molecule has 0 N–H and O–H groups in total. The van der Waals surface area contributed by atoms with Gasteiger partial charge in [-0.1, -0.05) is 210 Å². The molecule has 0 spiro atoms. The van der Waals surface area contributed by atoms with E-state index in [1.807, 2.05) is 0 Å². The molecular formula is C44H70N2. The van der Waals surface area contributed by atoms with Crippen molar-refractivity contribution >= 4 is 0 Å². The number of benzene rings is 2. The Kier molecular flexibility index (Phi) is 19.8. The normalized spacial score (nSPS) is 13.5. The molecular weight excluding hydrogens is 556 g/mol. The van der Waals surface area contributed by atoms with Crippen molar-refractivity contribution < 1.29 is 0 Å².